The van der Waals surface area contributed by atoms with Crippen molar-refractivity contribution in [3.8, 4) is 17.1 Å². The van der Waals surface area contributed by atoms with Crippen LogP contribution >= 0.6 is 11.6 Å². The predicted octanol–water partition coefficient (Wildman–Crippen LogP) is 7.51. The van der Waals surface area contributed by atoms with Crippen molar-refractivity contribution in [3.05, 3.63) is 129 Å². The second kappa shape index (κ2) is 10.7. The van der Waals surface area contributed by atoms with Gasteiger partial charge < -0.3 is 4.74 Å². The third-order valence-electron chi connectivity index (χ3n) is 6.00. The van der Waals surface area contributed by atoms with Crippen LogP contribution in [0.2, 0.25) is 5.02 Å². The summed E-state index contributed by atoms with van der Waals surface area (Å²) in [6, 6.07) is 24.2. The number of benzene rings is 4. The molecule has 0 aliphatic heterocycles. The van der Waals surface area contributed by atoms with E-state index in [1.807, 2.05) is 31.2 Å². The first kappa shape index (κ1) is 26.2. The van der Waals surface area contributed by atoms with Crippen LogP contribution in [-0.4, -0.2) is 15.9 Å². The van der Waals surface area contributed by atoms with E-state index in [2.05, 4.69) is 10.1 Å². The average Bonchev–Trinajstić information content (AvgIpc) is 2.92. The van der Waals surface area contributed by atoms with Crippen molar-refractivity contribution in [2.75, 3.05) is 0 Å². The van der Waals surface area contributed by atoms with Gasteiger partial charge in [0, 0.05) is 5.56 Å². The Morgan fingerprint density at radius 3 is 2.49 bits per heavy atom. The van der Waals surface area contributed by atoms with Gasteiger partial charge in [0.15, 0.2) is 5.82 Å². The summed E-state index contributed by atoms with van der Waals surface area (Å²) in [5.74, 6) is 0.453. The summed E-state index contributed by atoms with van der Waals surface area (Å²) in [7, 11) is 0. The molecule has 0 saturated heterocycles. The van der Waals surface area contributed by atoms with Gasteiger partial charge in [-0.15, -0.1) is 0 Å². The smallest absolute Gasteiger partial charge is 0.416 e. The molecule has 0 aliphatic carbocycles. The van der Waals surface area contributed by atoms with Crippen molar-refractivity contribution < 1.29 is 17.9 Å². The number of halogens is 4. The minimum Gasteiger partial charge on any atom is -0.487 e. The Morgan fingerprint density at radius 1 is 0.974 bits per heavy atom. The maximum Gasteiger partial charge on any atom is 0.416 e. The van der Waals surface area contributed by atoms with Crippen LogP contribution in [0.3, 0.4) is 0 Å². The first-order valence-electron chi connectivity index (χ1n) is 11.9. The van der Waals surface area contributed by atoms with Gasteiger partial charge >= 0.3 is 6.18 Å². The van der Waals surface area contributed by atoms with Gasteiger partial charge in [0.2, 0.25) is 0 Å². The Morgan fingerprint density at radius 2 is 1.74 bits per heavy atom. The van der Waals surface area contributed by atoms with Gasteiger partial charge in [-0.3, -0.25) is 4.79 Å². The maximum absolute atomic E-state index is 13.4. The summed E-state index contributed by atoms with van der Waals surface area (Å²) >= 11 is 6.43. The number of hydrogen-bond donors (Lipinski definition) is 0. The molecule has 0 atom stereocenters. The summed E-state index contributed by atoms with van der Waals surface area (Å²) < 4.78 is 47.0. The SMILES string of the molecule is Cc1ccc(COc2ccc(C=Nn3c(-c4cccc(C(F)(F)F)c4)nc4ccccc4c3=O)cc2Cl)cc1. The topological polar surface area (TPSA) is 56.5 Å². The van der Waals surface area contributed by atoms with E-state index in [0.29, 0.717) is 28.5 Å². The predicted molar refractivity (Wildman–Crippen MR) is 146 cm³/mol. The minimum absolute atomic E-state index is 0.0230. The van der Waals surface area contributed by atoms with Gasteiger partial charge in [-0.1, -0.05) is 65.7 Å². The van der Waals surface area contributed by atoms with Crippen molar-refractivity contribution >= 4 is 28.7 Å². The molecule has 0 aliphatic rings. The highest BCUT2D eigenvalue weighted by Gasteiger charge is 2.31. The molecule has 1 heterocycles. The molecule has 5 aromatic rings. The van der Waals surface area contributed by atoms with Gasteiger partial charge in [0.05, 0.1) is 27.7 Å². The van der Waals surface area contributed by atoms with Gasteiger partial charge in [-0.25, -0.2) is 4.98 Å². The minimum atomic E-state index is -4.55. The molecule has 0 unspecified atom stereocenters. The lowest BCUT2D eigenvalue weighted by Crippen LogP contribution is -2.20. The van der Waals surface area contributed by atoms with Crippen molar-refractivity contribution in [2.24, 2.45) is 5.10 Å². The number of alkyl halides is 3. The van der Waals surface area contributed by atoms with E-state index in [4.69, 9.17) is 16.3 Å². The zero-order chi connectivity index (χ0) is 27.6. The molecule has 0 bridgehead atoms. The van der Waals surface area contributed by atoms with Crippen LogP contribution in [-0.2, 0) is 12.8 Å². The molecule has 9 heteroatoms. The Labute approximate surface area is 226 Å². The maximum atomic E-state index is 13.4. The van der Waals surface area contributed by atoms with E-state index >= 15 is 0 Å². The molecular weight excluding hydrogens is 527 g/mol. The number of hydrogen-bond acceptors (Lipinski definition) is 4. The lowest BCUT2D eigenvalue weighted by atomic mass is 10.1. The molecular formula is C30H21ClF3N3O2. The van der Waals surface area contributed by atoms with Crippen LogP contribution in [0.25, 0.3) is 22.3 Å². The Kier molecular flexibility index (Phi) is 7.21. The molecule has 39 heavy (non-hydrogen) atoms. The summed E-state index contributed by atoms with van der Waals surface area (Å²) in [6.07, 6.45) is -3.16. The molecule has 0 saturated carbocycles. The molecule has 1 aromatic heterocycles. The summed E-state index contributed by atoms with van der Waals surface area (Å²) in [5.41, 5.74) is 1.77. The number of ether oxygens (including phenoxy) is 1. The number of rotatable bonds is 6. The van der Waals surface area contributed by atoms with E-state index in [0.717, 1.165) is 27.9 Å². The molecule has 4 aromatic carbocycles. The second-order valence-corrected chi connectivity index (χ2v) is 9.26. The van der Waals surface area contributed by atoms with Crippen molar-refractivity contribution in [1.82, 2.24) is 9.66 Å². The van der Waals surface area contributed by atoms with Crippen LogP contribution in [0.1, 0.15) is 22.3 Å². The van der Waals surface area contributed by atoms with Crippen molar-refractivity contribution in [1.29, 1.82) is 0 Å². The number of fused-ring (bicyclic) bond motifs is 1. The largest absolute Gasteiger partial charge is 0.487 e. The summed E-state index contributed by atoms with van der Waals surface area (Å²) in [6.45, 7) is 2.35. The quantitative estimate of drug-likeness (QED) is 0.207. The van der Waals surface area contributed by atoms with Crippen LogP contribution in [0, 0.1) is 6.92 Å². The number of aryl methyl sites for hydroxylation is 1. The van der Waals surface area contributed by atoms with Crippen molar-refractivity contribution in [2.45, 2.75) is 19.7 Å². The fourth-order valence-corrected chi connectivity index (χ4v) is 4.18. The first-order chi connectivity index (χ1) is 18.7. The number of nitrogens with zero attached hydrogens (tertiary/aromatic N) is 3. The molecule has 196 valence electrons. The van der Waals surface area contributed by atoms with Crippen LogP contribution in [0.4, 0.5) is 13.2 Å². The molecule has 0 radical (unpaired) electrons. The highest BCUT2D eigenvalue weighted by molar-refractivity contribution is 6.32. The standard InChI is InChI=1S/C30H21ClF3N3O2/c1-19-9-11-20(12-10-19)18-39-27-14-13-21(15-25(27)31)17-35-37-28(22-5-4-6-23(16-22)30(32,33)34)36-26-8-3-2-7-24(26)29(37)38/h2-17H,18H2,1H3. The Hall–Kier alpha value is -4.43. The third kappa shape index (κ3) is 5.86. The Balaban J connectivity index is 1.49. The van der Waals surface area contributed by atoms with Crippen LogP contribution in [0.15, 0.2) is 101 Å². The van der Waals surface area contributed by atoms with Crippen molar-refractivity contribution in [3.63, 3.8) is 0 Å². The van der Waals surface area contributed by atoms with Gasteiger partial charge in [0.25, 0.3) is 5.56 Å². The molecule has 0 amide bonds. The van der Waals surface area contributed by atoms with E-state index in [9.17, 15) is 18.0 Å². The van der Waals surface area contributed by atoms with E-state index in [1.165, 1.54) is 18.3 Å². The lowest BCUT2D eigenvalue weighted by molar-refractivity contribution is -0.137. The fourth-order valence-electron chi connectivity index (χ4n) is 3.94. The van der Waals surface area contributed by atoms with Gasteiger partial charge in [-0.2, -0.15) is 22.9 Å². The highest BCUT2D eigenvalue weighted by atomic mass is 35.5. The van der Waals surface area contributed by atoms with E-state index in [1.54, 1.807) is 42.5 Å². The first-order valence-corrected chi connectivity index (χ1v) is 12.3. The summed E-state index contributed by atoms with van der Waals surface area (Å²) in [4.78, 5) is 17.8. The van der Waals surface area contributed by atoms with Gasteiger partial charge in [-0.05, 0) is 60.5 Å². The average molecular weight is 548 g/mol. The Bertz CT molecular complexity index is 1750. The molecule has 0 spiro atoms. The normalized spacial score (nSPS) is 11.8. The zero-order valence-corrected chi connectivity index (χ0v) is 21.4. The zero-order valence-electron chi connectivity index (χ0n) is 20.6. The van der Waals surface area contributed by atoms with Crippen LogP contribution < -0.4 is 10.3 Å². The lowest BCUT2D eigenvalue weighted by Gasteiger charge is -2.12. The molecule has 5 rings (SSSR count). The third-order valence-corrected chi connectivity index (χ3v) is 6.29. The van der Waals surface area contributed by atoms with E-state index < -0.39 is 17.3 Å². The highest BCUT2D eigenvalue weighted by Crippen LogP contribution is 2.32. The number of para-hydroxylation sites is 1. The monoisotopic (exact) mass is 547 g/mol. The molecule has 0 fully saturated rings. The van der Waals surface area contributed by atoms with Gasteiger partial charge in [0.1, 0.15) is 12.4 Å². The summed E-state index contributed by atoms with van der Waals surface area (Å²) in [5, 5.41) is 4.92. The molecule has 0 N–H and O–H groups in total. The van der Waals surface area contributed by atoms with E-state index in [-0.39, 0.29) is 16.8 Å². The van der Waals surface area contributed by atoms with Crippen LogP contribution in [0.5, 0.6) is 5.75 Å². The second-order valence-electron chi connectivity index (χ2n) is 8.86. The molecule has 5 nitrogen and oxygen atoms in total. The fraction of sp³-hybridized carbons (Fsp3) is 0.100. The number of aromatic nitrogens is 2.